The second-order valence-electron chi connectivity index (χ2n) is 9.74. The van der Waals surface area contributed by atoms with E-state index < -0.39 is 16.1 Å². The molecule has 3 rings (SSSR count). The lowest BCUT2D eigenvalue weighted by atomic mass is 10.1. The Morgan fingerprint density at radius 3 is 2.38 bits per heavy atom. The molecule has 0 aliphatic heterocycles. The molecule has 0 aromatic heterocycles. The number of sulfonamides is 1. The fraction of sp³-hybridized carbons (Fsp3) is 0.500. The number of nitrogens with one attached hydrogen (secondary N) is 1. The Bertz CT molecular complexity index is 1170. The van der Waals surface area contributed by atoms with Crippen molar-refractivity contribution in [2.75, 3.05) is 17.1 Å². The molecule has 2 aromatic carbocycles. The van der Waals surface area contributed by atoms with Crippen LogP contribution in [0.25, 0.3) is 0 Å². The van der Waals surface area contributed by atoms with Crippen LogP contribution in [0, 0.1) is 6.92 Å². The minimum atomic E-state index is -3.59. The summed E-state index contributed by atoms with van der Waals surface area (Å²) in [5.41, 5.74) is 2.11. The summed E-state index contributed by atoms with van der Waals surface area (Å²) in [6.45, 7) is 4.14. The van der Waals surface area contributed by atoms with Crippen molar-refractivity contribution >= 4 is 39.1 Å². The van der Waals surface area contributed by atoms with Gasteiger partial charge in [0.05, 0.1) is 11.9 Å². The zero-order valence-electron chi connectivity index (χ0n) is 22.0. The monoisotopic (exact) mass is 547 g/mol. The summed E-state index contributed by atoms with van der Waals surface area (Å²) in [7, 11) is -3.59. The Balaban J connectivity index is 1.75. The number of amides is 2. The van der Waals surface area contributed by atoms with E-state index >= 15 is 0 Å². The Kier molecular flexibility index (Phi) is 10.4. The lowest BCUT2D eigenvalue weighted by Gasteiger charge is -2.32. The predicted molar refractivity (Wildman–Crippen MR) is 149 cm³/mol. The maximum absolute atomic E-state index is 13.5. The number of anilines is 1. The quantitative estimate of drug-likeness (QED) is 0.402. The van der Waals surface area contributed by atoms with Crippen molar-refractivity contribution in [2.45, 2.75) is 77.4 Å². The molecule has 37 heavy (non-hydrogen) atoms. The van der Waals surface area contributed by atoms with E-state index in [1.165, 1.54) is 4.31 Å². The predicted octanol–water partition coefficient (Wildman–Crippen LogP) is 5.06. The Morgan fingerprint density at radius 1 is 1.08 bits per heavy atom. The molecule has 0 radical (unpaired) electrons. The molecule has 2 aromatic rings. The second-order valence-corrected chi connectivity index (χ2v) is 12.1. The van der Waals surface area contributed by atoms with Crippen molar-refractivity contribution in [3.05, 3.63) is 64.7 Å². The van der Waals surface area contributed by atoms with Crippen LogP contribution in [0.2, 0.25) is 5.02 Å². The van der Waals surface area contributed by atoms with Crippen LogP contribution in [0.5, 0.6) is 0 Å². The third-order valence-electron chi connectivity index (χ3n) is 6.94. The highest BCUT2D eigenvalue weighted by Gasteiger charge is 2.30. The number of rotatable bonds is 12. The van der Waals surface area contributed by atoms with Gasteiger partial charge in [-0.1, -0.05) is 67.8 Å². The van der Waals surface area contributed by atoms with Crippen LogP contribution in [0.1, 0.15) is 63.0 Å². The van der Waals surface area contributed by atoms with Crippen LogP contribution < -0.4 is 9.62 Å². The molecule has 1 aliphatic carbocycles. The van der Waals surface area contributed by atoms with Crippen molar-refractivity contribution in [2.24, 2.45) is 0 Å². The van der Waals surface area contributed by atoms with Crippen LogP contribution >= 0.6 is 11.6 Å². The molecular formula is C28H38ClN3O4S. The minimum absolute atomic E-state index is 0.117. The second kappa shape index (κ2) is 13.3. The van der Waals surface area contributed by atoms with E-state index in [1.54, 1.807) is 30.0 Å². The first-order valence-corrected chi connectivity index (χ1v) is 15.2. The Labute approximate surface area is 226 Å². The van der Waals surface area contributed by atoms with Gasteiger partial charge in [-0.15, -0.1) is 0 Å². The molecule has 202 valence electrons. The number of carbonyl (C=O) groups is 2. The van der Waals surface area contributed by atoms with Gasteiger partial charge in [-0.3, -0.25) is 13.9 Å². The van der Waals surface area contributed by atoms with Crippen LogP contribution in [-0.4, -0.2) is 50.0 Å². The summed E-state index contributed by atoms with van der Waals surface area (Å²) in [6.07, 6.45) is 6.23. The maximum Gasteiger partial charge on any atom is 0.243 e. The summed E-state index contributed by atoms with van der Waals surface area (Å²) in [5, 5.41) is 3.63. The smallest absolute Gasteiger partial charge is 0.243 e. The first-order valence-electron chi connectivity index (χ1n) is 13.0. The molecule has 1 fully saturated rings. The molecule has 0 heterocycles. The molecule has 7 nitrogen and oxygen atoms in total. The molecule has 0 bridgehead atoms. The number of hydrogen-bond donors (Lipinski definition) is 1. The van der Waals surface area contributed by atoms with Crippen LogP contribution in [0.3, 0.4) is 0 Å². The third-order valence-corrected chi connectivity index (χ3v) is 8.53. The lowest BCUT2D eigenvalue weighted by Crippen LogP contribution is -2.51. The van der Waals surface area contributed by atoms with Crippen molar-refractivity contribution < 1.29 is 18.0 Å². The largest absolute Gasteiger partial charge is 0.352 e. The molecule has 0 unspecified atom stereocenters. The minimum Gasteiger partial charge on any atom is -0.352 e. The van der Waals surface area contributed by atoms with E-state index in [4.69, 9.17) is 11.6 Å². The van der Waals surface area contributed by atoms with Gasteiger partial charge in [-0.2, -0.15) is 0 Å². The average molecular weight is 548 g/mol. The van der Waals surface area contributed by atoms with E-state index in [1.807, 2.05) is 37.3 Å². The summed E-state index contributed by atoms with van der Waals surface area (Å²) in [5.74, 6) is -0.292. The number of nitrogens with zero attached hydrogens (tertiary/aromatic N) is 2. The molecule has 1 saturated carbocycles. The van der Waals surface area contributed by atoms with Crippen LogP contribution in [0.4, 0.5) is 5.69 Å². The Hall–Kier alpha value is -2.58. The highest BCUT2D eigenvalue weighted by molar-refractivity contribution is 7.92. The summed E-state index contributed by atoms with van der Waals surface area (Å²) in [4.78, 5) is 28.4. The number of hydrogen-bond acceptors (Lipinski definition) is 4. The number of carbonyl (C=O) groups excluding carboxylic acids is 2. The average Bonchev–Trinajstić information content (AvgIpc) is 3.36. The van der Waals surface area contributed by atoms with E-state index in [2.05, 4.69) is 5.32 Å². The van der Waals surface area contributed by atoms with E-state index in [0.717, 1.165) is 37.5 Å². The fourth-order valence-electron chi connectivity index (χ4n) is 4.92. The number of halogens is 1. The van der Waals surface area contributed by atoms with Gasteiger partial charge >= 0.3 is 0 Å². The molecule has 1 atom stereocenters. The van der Waals surface area contributed by atoms with E-state index in [9.17, 15) is 18.0 Å². The Morgan fingerprint density at radius 2 is 1.76 bits per heavy atom. The van der Waals surface area contributed by atoms with Crippen molar-refractivity contribution in [3.8, 4) is 0 Å². The van der Waals surface area contributed by atoms with E-state index in [-0.39, 0.29) is 30.8 Å². The SMILES string of the molecule is CC[C@@H](C(=O)NC1CCCC1)N(Cc1ccccc1)C(=O)CCCN(c1cccc(Cl)c1C)S(C)(=O)=O. The van der Waals surface area contributed by atoms with Crippen LogP contribution in [0.15, 0.2) is 48.5 Å². The first-order chi connectivity index (χ1) is 17.6. The zero-order chi connectivity index (χ0) is 27.0. The number of benzene rings is 2. The van der Waals surface area contributed by atoms with Crippen LogP contribution in [-0.2, 0) is 26.2 Å². The van der Waals surface area contributed by atoms with Gasteiger partial charge < -0.3 is 10.2 Å². The summed E-state index contributed by atoms with van der Waals surface area (Å²) >= 11 is 6.23. The third kappa shape index (κ3) is 7.95. The molecule has 2 amide bonds. The van der Waals surface area contributed by atoms with Gasteiger partial charge in [0.25, 0.3) is 0 Å². The van der Waals surface area contributed by atoms with Gasteiger partial charge in [-0.05, 0) is 55.9 Å². The van der Waals surface area contributed by atoms with Gasteiger partial charge in [0.1, 0.15) is 6.04 Å². The van der Waals surface area contributed by atoms with Gasteiger partial charge in [-0.25, -0.2) is 8.42 Å². The maximum atomic E-state index is 13.5. The van der Waals surface area contributed by atoms with Crippen molar-refractivity contribution in [1.29, 1.82) is 0 Å². The fourth-order valence-corrected chi connectivity index (χ4v) is 6.10. The lowest BCUT2D eigenvalue weighted by molar-refractivity contribution is -0.141. The molecule has 0 saturated heterocycles. The first kappa shape index (κ1) is 29.0. The van der Waals surface area contributed by atoms with Crippen molar-refractivity contribution in [3.63, 3.8) is 0 Å². The molecule has 0 spiro atoms. The highest BCUT2D eigenvalue weighted by Crippen LogP contribution is 2.28. The highest BCUT2D eigenvalue weighted by atomic mass is 35.5. The molecule has 9 heteroatoms. The van der Waals surface area contributed by atoms with E-state index in [0.29, 0.717) is 35.7 Å². The zero-order valence-corrected chi connectivity index (χ0v) is 23.5. The van der Waals surface area contributed by atoms with Gasteiger partial charge in [0.2, 0.25) is 21.8 Å². The normalized spacial score (nSPS) is 14.8. The van der Waals surface area contributed by atoms with Gasteiger partial charge in [0, 0.05) is 30.6 Å². The molecule has 1 N–H and O–H groups in total. The summed E-state index contributed by atoms with van der Waals surface area (Å²) < 4.78 is 26.5. The van der Waals surface area contributed by atoms with Gasteiger partial charge in [0.15, 0.2) is 0 Å². The standard InChI is InChI=1S/C28H38ClN3O4S/c1-4-25(28(34)30-23-14-8-9-15-23)31(20-22-12-6-5-7-13-22)27(33)18-11-19-32(37(3,35)36)26-17-10-16-24(29)21(26)2/h5-7,10,12-13,16-17,23,25H,4,8-9,11,14-15,18-20H2,1-3H3,(H,30,34)/t25-/m0/s1. The molecular weight excluding hydrogens is 510 g/mol. The van der Waals surface area contributed by atoms with Crippen molar-refractivity contribution in [1.82, 2.24) is 10.2 Å². The summed E-state index contributed by atoms with van der Waals surface area (Å²) in [6, 6.07) is 14.3. The molecule has 1 aliphatic rings. The topological polar surface area (TPSA) is 86.8 Å².